The summed E-state index contributed by atoms with van der Waals surface area (Å²) in [6.45, 7) is 2.27. The minimum Gasteiger partial charge on any atom is -0.497 e. The molecule has 1 heterocycles. The number of hydrogen-bond donors (Lipinski definition) is 2. The van der Waals surface area contributed by atoms with Crippen LogP contribution in [0.2, 0.25) is 0 Å². The second-order valence-electron chi connectivity index (χ2n) is 4.35. The number of carbonyl (C=O) groups is 1. The molecular formula is C14H18N2O2. The fourth-order valence-corrected chi connectivity index (χ4v) is 1.88. The lowest BCUT2D eigenvalue weighted by molar-refractivity contribution is -0.114. The van der Waals surface area contributed by atoms with Crippen LogP contribution in [0.1, 0.15) is 19.8 Å². The van der Waals surface area contributed by atoms with Gasteiger partial charge in [-0.3, -0.25) is 4.79 Å². The lowest BCUT2D eigenvalue weighted by atomic mass is 10.1. The second-order valence-corrected chi connectivity index (χ2v) is 4.35. The van der Waals surface area contributed by atoms with Gasteiger partial charge in [0.05, 0.1) is 12.8 Å². The van der Waals surface area contributed by atoms with Crippen molar-refractivity contribution in [1.29, 1.82) is 0 Å². The Morgan fingerprint density at radius 3 is 3.00 bits per heavy atom. The summed E-state index contributed by atoms with van der Waals surface area (Å²) in [5.41, 5.74) is 1.79. The van der Waals surface area contributed by atoms with Gasteiger partial charge in [0.2, 0.25) is 5.91 Å². The molecule has 1 amide bonds. The zero-order valence-electron chi connectivity index (χ0n) is 10.5. The molecule has 1 aromatic carbocycles. The fraction of sp³-hybridized carbons (Fsp3) is 0.357. The average Bonchev–Trinajstić information content (AvgIpc) is 2.37. The Kier molecular flexibility index (Phi) is 4.23. The summed E-state index contributed by atoms with van der Waals surface area (Å²) in [4.78, 5) is 11.0. The largest absolute Gasteiger partial charge is 0.497 e. The molecule has 0 radical (unpaired) electrons. The predicted molar refractivity (Wildman–Crippen MR) is 72.5 cm³/mol. The van der Waals surface area contributed by atoms with Crippen LogP contribution in [0.25, 0.3) is 0 Å². The van der Waals surface area contributed by atoms with Crippen LogP contribution in [0, 0.1) is 0 Å². The molecule has 0 aromatic heterocycles. The Balaban J connectivity index is 1.88. The summed E-state index contributed by atoms with van der Waals surface area (Å²) in [5.74, 6) is -0.0621. The number of benzene rings is 1. The lowest BCUT2D eigenvalue weighted by Crippen LogP contribution is -2.23. The maximum Gasteiger partial charge on any atom is 0.221 e. The molecule has 0 saturated carbocycles. The number of allylic oxidation sites excluding steroid dienone is 1. The minimum absolute atomic E-state index is 0.0621. The van der Waals surface area contributed by atoms with E-state index in [-0.39, 0.29) is 12.0 Å². The number of carbonyl (C=O) groups excluding carboxylic acids is 1. The molecule has 1 aliphatic rings. The van der Waals surface area contributed by atoms with Gasteiger partial charge in [0.25, 0.3) is 0 Å². The molecule has 2 rings (SSSR count). The highest BCUT2D eigenvalue weighted by Crippen LogP contribution is 2.16. The zero-order valence-corrected chi connectivity index (χ0v) is 10.5. The van der Waals surface area contributed by atoms with Crippen molar-refractivity contribution in [3.8, 4) is 0 Å². The molecule has 4 nitrogen and oxygen atoms in total. The average molecular weight is 246 g/mol. The Hall–Kier alpha value is -1.97. The topological polar surface area (TPSA) is 50.4 Å². The first kappa shape index (κ1) is 12.5. The maximum absolute atomic E-state index is 11.0. The van der Waals surface area contributed by atoms with E-state index in [1.165, 1.54) is 6.92 Å². The normalized spacial score (nSPS) is 17.9. The SMILES string of the molecule is CC(=O)Nc1cccc(NCC2CCC=CO2)c1. The Morgan fingerprint density at radius 1 is 1.44 bits per heavy atom. The van der Waals surface area contributed by atoms with Crippen LogP contribution in [0.15, 0.2) is 36.6 Å². The van der Waals surface area contributed by atoms with Crippen LogP contribution in [-0.4, -0.2) is 18.6 Å². The van der Waals surface area contributed by atoms with Crippen LogP contribution in [-0.2, 0) is 9.53 Å². The van der Waals surface area contributed by atoms with Gasteiger partial charge in [-0.25, -0.2) is 0 Å². The number of rotatable bonds is 4. The lowest BCUT2D eigenvalue weighted by Gasteiger charge is -2.20. The number of hydrogen-bond acceptors (Lipinski definition) is 3. The molecule has 0 bridgehead atoms. The van der Waals surface area contributed by atoms with Gasteiger partial charge in [0, 0.05) is 18.3 Å². The number of anilines is 2. The first-order valence-corrected chi connectivity index (χ1v) is 6.16. The van der Waals surface area contributed by atoms with Crippen molar-refractivity contribution in [3.63, 3.8) is 0 Å². The third-order valence-corrected chi connectivity index (χ3v) is 2.74. The van der Waals surface area contributed by atoms with Crippen molar-refractivity contribution in [2.75, 3.05) is 17.2 Å². The van der Waals surface area contributed by atoms with Gasteiger partial charge in [-0.15, -0.1) is 0 Å². The first-order chi connectivity index (χ1) is 8.74. The summed E-state index contributed by atoms with van der Waals surface area (Å²) >= 11 is 0. The highest BCUT2D eigenvalue weighted by molar-refractivity contribution is 5.89. The molecular weight excluding hydrogens is 228 g/mol. The molecule has 1 unspecified atom stereocenters. The van der Waals surface area contributed by atoms with Gasteiger partial charge < -0.3 is 15.4 Å². The first-order valence-electron chi connectivity index (χ1n) is 6.16. The monoisotopic (exact) mass is 246 g/mol. The number of nitrogens with one attached hydrogen (secondary N) is 2. The number of amides is 1. The van der Waals surface area contributed by atoms with Crippen molar-refractivity contribution >= 4 is 17.3 Å². The van der Waals surface area contributed by atoms with Crippen LogP contribution >= 0.6 is 0 Å². The Bertz CT molecular complexity index is 443. The van der Waals surface area contributed by atoms with Crippen LogP contribution in [0.5, 0.6) is 0 Å². The van der Waals surface area contributed by atoms with E-state index in [9.17, 15) is 4.79 Å². The summed E-state index contributed by atoms with van der Waals surface area (Å²) in [6.07, 6.45) is 6.13. The van der Waals surface area contributed by atoms with Crippen molar-refractivity contribution < 1.29 is 9.53 Å². The molecule has 1 aromatic rings. The van der Waals surface area contributed by atoms with Gasteiger partial charge in [-0.2, -0.15) is 0 Å². The highest BCUT2D eigenvalue weighted by Gasteiger charge is 2.10. The van der Waals surface area contributed by atoms with Gasteiger partial charge in [0.15, 0.2) is 0 Å². The van der Waals surface area contributed by atoms with Gasteiger partial charge in [-0.05, 0) is 37.1 Å². The van der Waals surface area contributed by atoms with Crippen molar-refractivity contribution in [2.24, 2.45) is 0 Å². The van der Waals surface area contributed by atoms with E-state index in [1.54, 1.807) is 6.26 Å². The van der Waals surface area contributed by atoms with E-state index in [4.69, 9.17) is 4.74 Å². The van der Waals surface area contributed by atoms with E-state index in [0.29, 0.717) is 0 Å². The third-order valence-electron chi connectivity index (χ3n) is 2.74. The molecule has 1 atom stereocenters. The molecule has 18 heavy (non-hydrogen) atoms. The van der Waals surface area contributed by atoms with Gasteiger partial charge >= 0.3 is 0 Å². The zero-order chi connectivity index (χ0) is 12.8. The van der Waals surface area contributed by atoms with E-state index < -0.39 is 0 Å². The molecule has 4 heteroatoms. The van der Waals surface area contributed by atoms with Gasteiger partial charge in [0.1, 0.15) is 6.10 Å². The number of ether oxygens (including phenoxy) is 1. The molecule has 0 spiro atoms. The highest BCUT2D eigenvalue weighted by atomic mass is 16.5. The standard InChI is InChI=1S/C14H18N2O2/c1-11(17)16-13-6-4-5-12(9-13)15-10-14-7-2-3-8-18-14/h3-6,8-9,14-15H,2,7,10H2,1H3,(H,16,17). The van der Waals surface area contributed by atoms with Gasteiger partial charge in [-0.1, -0.05) is 6.07 Å². The van der Waals surface area contributed by atoms with E-state index in [0.717, 1.165) is 30.8 Å². The van der Waals surface area contributed by atoms with Crippen molar-refractivity contribution in [2.45, 2.75) is 25.9 Å². The molecule has 0 aliphatic carbocycles. The smallest absolute Gasteiger partial charge is 0.221 e. The summed E-state index contributed by atoms with van der Waals surface area (Å²) < 4.78 is 5.48. The van der Waals surface area contributed by atoms with Crippen molar-refractivity contribution in [1.82, 2.24) is 0 Å². The molecule has 96 valence electrons. The second kappa shape index (κ2) is 6.10. The van der Waals surface area contributed by atoms with Crippen molar-refractivity contribution in [3.05, 3.63) is 36.6 Å². The maximum atomic E-state index is 11.0. The van der Waals surface area contributed by atoms with E-state index in [2.05, 4.69) is 10.6 Å². The Morgan fingerprint density at radius 2 is 2.28 bits per heavy atom. The summed E-state index contributed by atoms with van der Waals surface area (Å²) in [5, 5.41) is 6.08. The summed E-state index contributed by atoms with van der Waals surface area (Å²) in [6, 6.07) is 7.67. The van der Waals surface area contributed by atoms with E-state index in [1.807, 2.05) is 30.3 Å². The fourth-order valence-electron chi connectivity index (χ4n) is 1.88. The minimum atomic E-state index is -0.0621. The Labute approximate surface area is 107 Å². The molecule has 2 N–H and O–H groups in total. The predicted octanol–water partition coefficient (Wildman–Crippen LogP) is 2.75. The van der Waals surface area contributed by atoms with Crippen LogP contribution in [0.4, 0.5) is 11.4 Å². The van der Waals surface area contributed by atoms with E-state index >= 15 is 0 Å². The molecule has 1 aliphatic heterocycles. The summed E-state index contributed by atoms with van der Waals surface area (Å²) in [7, 11) is 0. The van der Waals surface area contributed by atoms with Crippen LogP contribution in [0.3, 0.4) is 0 Å². The molecule has 0 saturated heterocycles. The molecule has 0 fully saturated rings. The third kappa shape index (κ3) is 3.80. The quantitative estimate of drug-likeness (QED) is 0.858. The van der Waals surface area contributed by atoms with Crippen LogP contribution < -0.4 is 10.6 Å².